The van der Waals surface area contributed by atoms with E-state index in [1.165, 1.54) is 43.5 Å². The minimum atomic E-state index is 0.485. The number of rotatable bonds is 5. The number of hydrogen-bond acceptors (Lipinski definition) is 3. The van der Waals surface area contributed by atoms with Crippen molar-refractivity contribution in [2.45, 2.75) is 44.7 Å². The summed E-state index contributed by atoms with van der Waals surface area (Å²) in [6.07, 6.45) is 8.74. The molecule has 1 aromatic heterocycles. The van der Waals surface area contributed by atoms with Gasteiger partial charge in [0.1, 0.15) is 0 Å². The summed E-state index contributed by atoms with van der Waals surface area (Å²) in [4.78, 5) is 7.18. The minimum Gasteiger partial charge on any atom is -0.383 e. The van der Waals surface area contributed by atoms with Crippen LogP contribution in [-0.4, -0.2) is 28.6 Å². The van der Waals surface area contributed by atoms with Crippen molar-refractivity contribution < 1.29 is 0 Å². The maximum absolute atomic E-state index is 4.06. The molecule has 0 amide bonds. The number of benzene rings is 1. The van der Waals surface area contributed by atoms with Crippen molar-refractivity contribution in [1.82, 2.24) is 15.3 Å². The molecule has 21 heavy (non-hydrogen) atoms. The van der Waals surface area contributed by atoms with Gasteiger partial charge in [-0.25, -0.2) is 4.98 Å². The van der Waals surface area contributed by atoms with Crippen molar-refractivity contribution in [2.75, 3.05) is 11.9 Å². The van der Waals surface area contributed by atoms with Gasteiger partial charge in [0, 0.05) is 17.8 Å². The molecule has 2 heterocycles. The van der Waals surface area contributed by atoms with Crippen molar-refractivity contribution in [2.24, 2.45) is 0 Å². The number of aromatic amines is 1. The second-order valence-electron chi connectivity index (χ2n) is 5.97. The Kier molecular flexibility index (Phi) is 4.55. The smallest absolute Gasteiger partial charge is 0.0924 e. The van der Waals surface area contributed by atoms with Crippen LogP contribution in [0, 0.1) is 0 Å². The third-order valence-corrected chi connectivity index (χ3v) is 4.16. The molecule has 0 radical (unpaired) electrons. The quantitative estimate of drug-likeness (QED) is 0.788. The third-order valence-electron chi connectivity index (χ3n) is 4.16. The van der Waals surface area contributed by atoms with E-state index in [0.717, 1.165) is 5.69 Å². The molecule has 0 bridgehead atoms. The average Bonchev–Trinajstić information content (AvgIpc) is 3.03. The average molecular weight is 284 g/mol. The van der Waals surface area contributed by atoms with Gasteiger partial charge in [-0.15, -0.1) is 0 Å². The number of H-pyrrole nitrogens is 1. The van der Waals surface area contributed by atoms with Crippen LogP contribution in [0.25, 0.3) is 11.3 Å². The lowest BCUT2D eigenvalue weighted by atomic mass is 9.98. The summed E-state index contributed by atoms with van der Waals surface area (Å²) in [6, 6.07) is 9.69. The number of imidazole rings is 1. The summed E-state index contributed by atoms with van der Waals surface area (Å²) < 4.78 is 0. The Balaban J connectivity index is 1.54. The fourth-order valence-electron chi connectivity index (χ4n) is 3.06. The maximum atomic E-state index is 4.06. The maximum Gasteiger partial charge on any atom is 0.0924 e. The van der Waals surface area contributed by atoms with E-state index in [2.05, 4.69) is 51.8 Å². The molecule has 1 aromatic carbocycles. The van der Waals surface area contributed by atoms with E-state index < -0.39 is 0 Å². The van der Waals surface area contributed by atoms with Crippen molar-refractivity contribution >= 4 is 5.69 Å². The Morgan fingerprint density at radius 3 is 2.81 bits per heavy atom. The van der Waals surface area contributed by atoms with Crippen LogP contribution in [0.5, 0.6) is 0 Å². The first-order valence-electron chi connectivity index (χ1n) is 7.90. The summed E-state index contributed by atoms with van der Waals surface area (Å²) in [5.74, 6) is 0. The number of hydrogen-bond donors (Lipinski definition) is 3. The van der Waals surface area contributed by atoms with Gasteiger partial charge < -0.3 is 15.6 Å². The predicted octanol–water partition coefficient (Wildman–Crippen LogP) is 3.41. The zero-order chi connectivity index (χ0) is 14.5. The third kappa shape index (κ3) is 3.85. The molecule has 2 atom stereocenters. The molecule has 4 nitrogen and oxygen atoms in total. The lowest BCUT2D eigenvalue weighted by Gasteiger charge is -2.27. The van der Waals surface area contributed by atoms with Gasteiger partial charge in [-0.2, -0.15) is 0 Å². The van der Waals surface area contributed by atoms with Gasteiger partial charge in [-0.3, -0.25) is 0 Å². The number of nitrogens with one attached hydrogen (secondary N) is 3. The Labute approximate surface area is 126 Å². The molecule has 4 heteroatoms. The molecule has 0 saturated carbocycles. The standard InChI is InChI=1S/C17H24N4/c1-13(10-16-4-2-3-9-19-16)21-15-7-5-14(6-8-15)17-11-18-12-20-17/h5-8,11-13,16,19,21H,2-4,9-10H2,1H3,(H,18,20). The summed E-state index contributed by atoms with van der Waals surface area (Å²) in [5.41, 5.74) is 3.40. The van der Waals surface area contributed by atoms with E-state index in [1.54, 1.807) is 6.33 Å². The highest BCUT2D eigenvalue weighted by atomic mass is 15.0. The Morgan fingerprint density at radius 2 is 2.14 bits per heavy atom. The molecule has 2 unspecified atom stereocenters. The lowest BCUT2D eigenvalue weighted by molar-refractivity contribution is 0.371. The zero-order valence-corrected chi connectivity index (χ0v) is 12.6. The summed E-state index contributed by atoms with van der Waals surface area (Å²) in [6.45, 7) is 3.44. The van der Waals surface area contributed by atoms with Gasteiger partial charge in [0.25, 0.3) is 0 Å². The number of piperidine rings is 1. The SMILES string of the molecule is CC(CC1CCCCN1)Nc1ccc(-c2cnc[nH]2)cc1. The van der Waals surface area contributed by atoms with Gasteiger partial charge in [0.05, 0.1) is 18.2 Å². The van der Waals surface area contributed by atoms with Gasteiger partial charge in [0.2, 0.25) is 0 Å². The van der Waals surface area contributed by atoms with Crippen LogP contribution in [0.1, 0.15) is 32.6 Å². The Hall–Kier alpha value is -1.81. The molecular formula is C17H24N4. The van der Waals surface area contributed by atoms with E-state index in [0.29, 0.717) is 12.1 Å². The topological polar surface area (TPSA) is 52.7 Å². The van der Waals surface area contributed by atoms with Gasteiger partial charge in [-0.05, 0) is 50.4 Å². The molecule has 2 aromatic rings. The van der Waals surface area contributed by atoms with Crippen LogP contribution in [0.4, 0.5) is 5.69 Å². The van der Waals surface area contributed by atoms with Crippen molar-refractivity contribution in [3.63, 3.8) is 0 Å². The van der Waals surface area contributed by atoms with Gasteiger partial charge in [0.15, 0.2) is 0 Å². The van der Waals surface area contributed by atoms with Gasteiger partial charge in [-0.1, -0.05) is 18.6 Å². The first kappa shape index (κ1) is 14.1. The lowest BCUT2D eigenvalue weighted by Crippen LogP contribution is -2.37. The molecular weight excluding hydrogens is 260 g/mol. The highest BCUT2D eigenvalue weighted by molar-refractivity contribution is 5.62. The van der Waals surface area contributed by atoms with Crippen LogP contribution >= 0.6 is 0 Å². The molecule has 0 aliphatic carbocycles. The summed E-state index contributed by atoms with van der Waals surface area (Å²) in [5, 5.41) is 7.21. The van der Waals surface area contributed by atoms with E-state index in [9.17, 15) is 0 Å². The second-order valence-corrected chi connectivity index (χ2v) is 5.97. The summed E-state index contributed by atoms with van der Waals surface area (Å²) in [7, 11) is 0. The number of nitrogens with zero attached hydrogens (tertiary/aromatic N) is 1. The summed E-state index contributed by atoms with van der Waals surface area (Å²) >= 11 is 0. The van der Waals surface area contributed by atoms with Crippen molar-refractivity contribution in [3.8, 4) is 11.3 Å². The molecule has 1 saturated heterocycles. The van der Waals surface area contributed by atoms with Crippen molar-refractivity contribution in [3.05, 3.63) is 36.8 Å². The highest BCUT2D eigenvalue weighted by Crippen LogP contribution is 2.20. The Bertz CT molecular complexity index is 526. The van der Waals surface area contributed by atoms with Crippen LogP contribution in [0.3, 0.4) is 0 Å². The van der Waals surface area contributed by atoms with Crippen LogP contribution in [-0.2, 0) is 0 Å². The van der Waals surface area contributed by atoms with Crippen molar-refractivity contribution in [1.29, 1.82) is 0 Å². The molecule has 3 rings (SSSR count). The molecule has 112 valence electrons. The zero-order valence-electron chi connectivity index (χ0n) is 12.6. The fraction of sp³-hybridized carbons (Fsp3) is 0.471. The highest BCUT2D eigenvalue weighted by Gasteiger charge is 2.15. The van der Waals surface area contributed by atoms with Crippen LogP contribution in [0.2, 0.25) is 0 Å². The first-order valence-corrected chi connectivity index (χ1v) is 7.90. The fourth-order valence-corrected chi connectivity index (χ4v) is 3.06. The molecule has 3 N–H and O–H groups in total. The van der Waals surface area contributed by atoms with Crippen LogP contribution in [0.15, 0.2) is 36.8 Å². The second kappa shape index (κ2) is 6.76. The minimum absolute atomic E-state index is 0.485. The number of aromatic nitrogens is 2. The van der Waals surface area contributed by atoms with E-state index in [-0.39, 0.29) is 0 Å². The van der Waals surface area contributed by atoms with E-state index >= 15 is 0 Å². The monoisotopic (exact) mass is 284 g/mol. The molecule has 0 spiro atoms. The van der Waals surface area contributed by atoms with Crippen LogP contribution < -0.4 is 10.6 Å². The molecule has 1 aliphatic rings. The molecule has 1 aliphatic heterocycles. The van der Waals surface area contributed by atoms with E-state index in [1.807, 2.05) is 6.20 Å². The molecule has 1 fully saturated rings. The van der Waals surface area contributed by atoms with Gasteiger partial charge >= 0.3 is 0 Å². The van der Waals surface area contributed by atoms with E-state index in [4.69, 9.17) is 0 Å². The largest absolute Gasteiger partial charge is 0.383 e. The Morgan fingerprint density at radius 1 is 1.29 bits per heavy atom. The number of anilines is 1. The predicted molar refractivity (Wildman–Crippen MR) is 87.4 cm³/mol. The normalized spacial score (nSPS) is 20.1. The first-order chi connectivity index (χ1) is 10.3.